The monoisotopic (exact) mass is 551 g/mol. The summed E-state index contributed by atoms with van der Waals surface area (Å²) in [5.41, 5.74) is 0.714. The lowest BCUT2D eigenvalue weighted by Gasteiger charge is -2.35. The van der Waals surface area contributed by atoms with Gasteiger partial charge < -0.3 is 24.8 Å². The van der Waals surface area contributed by atoms with Crippen molar-refractivity contribution in [3.8, 4) is 0 Å². The number of hydrogen-bond acceptors (Lipinski definition) is 4. The molecule has 1 aromatic carbocycles. The van der Waals surface area contributed by atoms with Gasteiger partial charge in [-0.1, -0.05) is 29.8 Å². The second kappa shape index (κ2) is 13.7. The predicted octanol–water partition coefficient (Wildman–Crippen LogP) is 4.01. The lowest BCUT2D eigenvalue weighted by molar-refractivity contribution is -0.0721. The molecule has 1 aromatic rings. The number of aliphatic hydroxyl groups excluding tert-OH is 1. The van der Waals surface area contributed by atoms with Crippen LogP contribution in [0.25, 0.3) is 0 Å². The zero-order valence-electron chi connectivity index (χ0n) is 17.8. The van der Waals surface area contributed by atoms with E-state index in [4.69, 9.17) is 21.1 Å². The minimum atomic E-state index is -0.714. The van der Waals surface area contributed by atoms with Crippen molar-refractivity contribution in [2.75, 3.05) is 39.4 Å². The second-order valence-electron chi connectivity index (χ2n) is 7.74. The van der Waals surface area contributed by atoms with Crippen molar-refractivity contribution in [3.05, 3.63) is 34.9 Å². The molecule has 2 heterocycles. The van der Waals surface area contributed by atoms with Crippen LogP contribution in [0.1, 0.15) is 50.7 Å². The molecular formula is C22H35ClIN3O3. The highest BCUT2D eigenvalue weighted by Gasteiger charge is 2.24. The van der Waals surface area contributed by atoms with Crippen LogP contribution >= 0.6 is 35.6 Å². The number of aliphatic hydroxyl groups is 1. The average molecular weight is 552 g/mol. The number of benzene rings is 1. The number of aliphatic imine (C=N–C) groups is 1. The Balaban J connectivity index is 0.00000320. The molecule has 30 heavy (non-hydrogen) atoms. The number of likely N-dealkylation sites (tertiary alicyclic amines) is 1. The Morgan fingerprint density at radius 1 is 1.30 bits per heavy atom. The first-order valence-corrected chi connectivity index (χ1v) is 11.2. The maximum absolute atomic E-state index is 10.5. The van der Waals surface area contributed by atoms with Crippen molar-refractivity contribution >= 4 is 41.5 Å². The van der Waals surface area contributed by atoms with Gasteiger partial charge in [-0.05, 0) is 45.1 Å². The molecule has 2 aliphatic heterocycles. The van der Waals surface area contributed by atoms with E-state index in [0.717, 1.165) is 51.5 Å². The van der Waals surface area contributed by atoms with E-state index in [-0.39, 0.29) is 42.7 Å². The van der Waals surface area contributed by atoms with E-state index >= 15 is 0 Å². The molecule has 2 unspecified atom stereocenters. The molecule has 0 spiro atoms. The van der Waals surface area contributed by atoms with Crippen LogP contribution in [0, 0.1) is 0 Å². The molecule has 2 atom stereocenters. The van der Waals surface area contributed by atoms with Gasteiger partial charge in [0.05, 0.1) is 25.4 Å². The summed E-state index contributed by atoms with van der Waals surface area (Å²) < 4.78 is 11.9. The van der Waals surface area contributed by atoms with Crippen LogP contribution in [0.15, 0.2) is 29.3 Å². The molecule has 0 saturated carbocycles. The SMILES string of the molecule is CCNC(=NCC(O)c1ccccc1Cl)N1CCC(OCC2CCCCO2)CC1.I. The van der Waals surface area contributed by atoms with Crippen LogP contribution in [0.4, 0.5) is 0 Å². The van der Waals surface area contributed by atoms with Crippen molar-refractivity contribution in [1.82, 2.24) is 10.2 Å². The summed E-state index contributed by atoms with van der Waals surface area (Å²) in [7, 11) is 0. The van der Waals surface area contributed by atoms with Crippen LogP contribution in [-0.2, 0) is 9.47 Å². The summed E-state index contributed by atoms with van der Waals surface area (Å²) in [5.74, 6) is 0.840. The maximum Gasteiger partial charge on any atom is 0.194 e. The van der Waals surface area contributed by atoms with Gasteiger partial charge in [-0.2, -0.15) is 0 Å². The Labute approximate surface area is 202 Å². The molecule has 0 aromatic heterocycles. The normalized spacial score (nSPS) is 21.8. The minimum Gasteiger partial charge on any atom is -0.386 e. The van der Waals surface area contributed by atoms with Crippen LogP contribution in [-0.4, -0.2) is 67.6 Å². The predicted molar refractivity (Wildman–Crippen MR) is 132 cm³/mol. The topological polar surface area (TPSA) is 66.3 Å². The number of rotatable bonds is 7. The Kier molecular flexibility index (Phi) is 11.7. The van der Waals surface area contributed by atoms with Gasteiger partial charge in [-0.15, -0.1) is 24.0 Å². The van der Waals surface area contributed by atoms with Gasteiger partial charge in [0.2, 0.25) is 0 Å². The molecule has 170 valence electrons. The highest BCUT2D eigenvalue weighted by atomic mass is 127. The van der Waals surface area contributed by atoms with Crippen molar-refractivity contribution in [1.29, 1.82) is 0 Å². The van der Waals surface area contributed by atoms with Crippen molar-refractivity contribution < 1.29 is 14.6 Å². The average Bonchev–Trinajstić information content (AvgIpc) is 2.76. The van der Waals surface area contributed by atoms with Gasteiger partial charge in [0, 0.05) is 36.8 Å². The lowest BCUT2D eigenvalue weighted by atomic mass is 10.1. The Hall–Kier alpha value is -0.610. The number of ether oxygens (including phenoxy) is 2. The fourth-order valence-corrected chi connectivity index (χ4v) is 4.12. The molecule has 8 heteroatoms. The summed E-state index contributed by atoms with van der Waals surface area (Å²) in [6, 6.07) is 7.37. The summed E-state index contributed by atoms with van der Waals surface area (Å²) in [6.07, 6.45) is 5.33. The number of halogens is 2. The molecule has 0 bridgehead atoms. The number of nitrogens with zero attached hydrogens (tertiary/aromatic N) is 2. The third-order valence-corrected chi connectivity index (χ3v) is 5.89. The molecule has 2 fully saturated rings. The number of hydrogen-bond donors (Lipinski definition) is 2. The van der Waals surface area contributed by atoms with Crippen molar-refractivity contribution in [2.24, 2.45) is 4.99 Å². The van der Waals surface area contributed by atoms with E-state index < -0.39 is 6.10 Å². The lowest BCUT2D eigenvalue weighted by Crippen LogP contribution is -2.47. The van der Waals surface area contributed by atoms with Gasteiger partial charge in [-0.3, -0.25) is 4.99 Å². The van der Waals surface area contributed by atoms with Crippen molar-refractivity contribution in [3.63, 3.8) is 0 Å². The number of guanidine groups is 1. The van der Waals surface area contributed by atoms with E-state index in [1.165, 1.54) is 12.8 Å². The van der Waals surface area contributed by atoms with Gasteiger partial charge in [0.15, 0.2) is 5.96 Å². The van der Waals surface area contributed by atoms with Gasteiger partial charge >= 0.3 is 0 Å². The molecule has 0 radical (unpaired) electrons. The minimum absolute atomic E-state index is 0. The molecule has 3 rings (SSSR count). The molecule has 0 aliphatic carbocycles. The Morgan fingerprint density at radius 3 is 2.73 bits per heavy atom. The van der Waals surface area contributed by atoms with E-state index in [1.807, 2.05) is 18.2 Å². The smallest absolute Gasteiger partial charge is 0.194 e. The van der Waals surface area contributed by atoms with Crippen LogP contribution in [0.3, 0.4) is 0 Å². The fraction of sp³-hybridized carbons (Fsp3) is 0.682. The van der Waals surface area contributed by atoms with Gasteiger partial charge in [0.1, 0.15) is 6.10 Å². The molecule has 0 amide bonds. The standard InChI is InChI=1S/C22H34ClN3O3.HI/c1-2-24-22(25-15-21(27)19-8-3-4-9-20(19)23)26-12-10-17(11-13-26)29-16-18-7-5-6-14-28-18;/h3-4,8-9,17-18,21,27H,2,5-7,10-16H2,1H3,(H,24,25);1H. The zero-order valence-corrected chi connectivity index (χ0v) is 20.9. The molecule has 6 nitrogen and oxygen atoms in total. The third-order valence-electron chi connectivity index (χ3n) is 5.55. The first kappa shape index (κ1) is 25.6. The van der Waals surface area contributed by atoms with Crippen LogP contribution < -0.4 is 5.32 Å². The zero-order chi connectivity index (χ0) is 20.5. The summed E-state index contributed by atoms with van der Waals surface area (Å²) in [5, 5.41) is 14.4. The molecular weight excluding hydrogens is 517 g/mol. The van der Waals surface area contributed by atoms with Gasteiger partial charge in [0.25, 0.3) is 0 Å². The van der Waals surface area contributed by atoms with Crippen molar-refractivity contribution in [2.45, 2.75) is 57.3 Å². The first-order chi connectivity index (χ1) is 14.2. The molecule has 2 N–H and O–H groups in total. The largest absolute Gasteiger partial charge is 0.386 e. The van der Waals surface area contributed by atoms with Gasteiger partial charge in [-0.25, -0.2) is 0 Å². The molecule has 2 aliphatic rings. The van der Waals surface area contributed by atoms with E-state index in [1.54, 1.807) is 6.07 Å². The van der Waals surface area contributed by atoms with Crippen LogP contribution in [0.2, 0.25) is 5.02 Å². The summed E-state index contributed by atoms with van der Waals surface area (Å²) in [4.78, 5) is 6.91. The van der Waals surface area contributed by atoms with E-state index in [0.29, 0.717) is 17.2 Å². The van der Waals surface area contributed by atoms with E-state index in [9.17, 15) is 5.11 Å². The third kappa shape index (κ3) is 7.82. The highest BCUT2D eigenvalue weighted by molar-refractivity contribution is 14.0. The van der Waals surface area contributed by atoms with Crippen LogP contribution in [0.5, 0.6) is 0 Å². The summed E-state index contributed by atoms with van der Waals surface area (Å²) in [6.45, 7) is 6.49. The Bertz CT molecular complexity index is 650. The molecule has 2 saturated heterocycles. The first-order valence-electron chi connectivity index (χ1n) is 10.9. The number of piperidine rings is 1. The van der Waals surface area contributed by atoms with E-state index in [2.05, 4.69) is 22.1 Å². The maximum atomic E-state index is 10.5. The summed E-state index contributed by atoms with van der Waals surface area (Å²) >= 11 is 6.19. The highest BCUT2D eigenvalue weighted by Crippen LogP contribution is 2.23. The number of nitrogens with one attached hydrogen (secondary N) is 1. The fourth-order valence-electron chi connectivity index (χ4n) is 3.86. The second-order valence-corrected chi connectivity index (χ2v) is 8.15. The Morgan fingerprint density at radius 2 is 2.07 bits per heavy atom. The quantitative estimate of drug-likeness (QED) is 0.305.